The largest absolute Gasteiger partial charge is 0.433 e. The number of rotatable bonds is 5. The van der Waals surface area contributed by atoms with Crippen LogP contribution in [0.3, 0.4) is 0 Å². The first-order chi connectivity index (χ1) is 12.5. The van der Waals surface area contributed by atoms with Crippen LogP contribution in [0.2, 0.25) is 0 Å². The van der Waals surface area contributed by atoms with E-state index in [0.717, 1.165) is 18.9 Å². The minimum absolute atomic E-state index is 0.0188. The van der Waals surface area contributed by atoms with Crippen LogP contribution in [0.15, 0.2) is 35.0 Å². The molecule has 7 nitrogen and oxygen atoms in total. The van der Waals surface area contributed by atoms with Gasteiger partial charge in [-0.05, 0) is 25.0 Å². The molecule has 0 radical (unpaired) electrons. The molecule has 0 spiro atoms. The maximum Gasteiger partial charge on any atom is 0.433 e. The van der Waals surface area contributed by atoms with Crippen LogP contribution in [-0.4, -0.2) is 25.1 Å². The first-order valence-corrected chi connectivity index (χ1v) is 7.92. The van der Waals surface area contributed by atoms with E-state index in [0.29, 0.717) is 23.3 Å². The Morgan fingerprint density at radius 2 is 1.88 bits per heavy atom. The summed E-state index contributed by atoms with van der Waals surface area (Å²) in [6, 6.07) is 3.93. The Morgan fingerprint density at radius 1 is 1.12 bits per heavy atom. The Kier molecular flexibility index (Phi) is 4.02. The molecule has 0 aromatic carbocycles. The third-order valence-electron chi connectivity index (χ3n) is 3.78. The molecule has 0 saturated heterocycles. The van der Waals surface area contributed by atoms with Crippen molar-refractivity contribution in [1.29, 1.82) is 0 Å². The number of nitrogens with one attached hydrogen (secondary N) is 1. The van der Waals surface area contributed by atoms with Crippen molar-refractivity contribution >= 4 is 5.82 Å². The summed E-state index contributed by atoms with van der Waals surface area (Å²) < 4.78 is 44.9. The summed E-state index contributed by atoms with van der Waals surface area (Å²) in [5, 5.41) is 10.6. The van der Waals surface area contributed by atoms with E-state index in [-0.39, 0.29) is 18.2 Å². The molecular formula is C16H13F3N6O. The number of hydrogen-bond acceptors (Lipinski definition) is 7. The molecule has 1 aliphatic carbocycles. The van der Waals surface area contributed by atoms with Gasteiger partial charge in [0.2, 0.25) is 11.8 Å². The summed E-state index contributed by atoms with van der Waals surface area (Å²) in [4.78, 5) is 11.6. The van der Waals surface area contributed by atoms with E-state index in [4.69, 9.17) is 4.42 Å². The molecule has 0 aliphatic heterocycles. The van der Waals surface area contributed by atoms with Crippen LogP contribution in [0.1, 0.15) is 36.2 Å². The third-order valence-corrected chi connectivity index (χ3v) is 3.78. The van der Waals surface area contributed by atoms with E-state index in [1.165, 1.54) is 12.4 Å². The number of hydrogen-bond donors (Lipinski definition) is 1. The molecule has 1 fully saturated rings. The lowest BCUT2D eigenvalue weighted by Gasteiger charge is -2.11. The highest BCUT2D eigenvalue weighted by Gasteiger charge is 2.34. The van der Waals surface area contributed by atoms with Crippen LogP contribution < -0.4 is 5.32 Å². The Balaban J connectivity index is 1.59. The van der Waals surface area contributed by atoms with Gasteiger partial charge in [0, 0.05) is 29.9 Å². The van der Waals surface area contributed by atoms with E-state index in [1.54, 1.807) is 12.1 Å². The third kappa shape index (κ3) is 3.63. The SMILES string of the molecule is FC(F)(F)c1cc(NCc2nnc(C3CC3)o2)nc(-c2ccncc2)n1. The summed E-state index contributed by atoms with van der Waals surface area (Å²) in [6.07, 6.45) is 0.370. The van der Waals surface area contributed by atoms with Crippen LogP contribution in [0.5, 0.6) is 0 Å². The molecule has 1 saturated carbocycles. The van der Waals surface area contributed by atoms with Gasteiger partial charge in [-0.3, -0.25) is 4.98 Å². The lowest BCUT2D eigenvalue weighted by atomic mass is 10.2. The standard InChI is InChI=1S/C16H13F3N6O/c17-16(18,19)11-7-12(23-14(22-11)9-3-5-20-6-4-9)21-8-13-24-25-15(26-13)10-1-2-10/h3-7,10H,1-2,8H2,(H,21,22,23). The molecule has 1 N–H and O–H groups in total. The fraction of sp³-hybridized carbons (Fsp3) is 0.312. The van der Waals surface area contributed by atoms with Crippen LogP contribution in [0.4, 0.5) is 19.0 Å². The highest BCUT2D eigenvalue weighted by atomic mass is 19.4. The van der Waals surface area contributed by atoms with E-state index in [9.17, 15) is 13.2 Å². The molecule has 10 heteroatoms. The maximum atomic E-state index is 13.2. The Bertz CT molecular complexity index is 908. The van der Waals surface area contributed by atoms with Crippen molar-refractivity contribution < 1.29 is 17.6 Å². The predicted molar refractivity (Wildman–Crippen MR) is 83.9 cm³/mol. The van der Waals surface area contributed by atoms with E-state index in [2.05, 4.69) is 30.5 Å². The predicted octanol–water partition coefficient (Wildman–Crippen LogP) is 3.43. The average molecular weight is 362 g/mol. The van der Waals surface area contributed by atoms with E-state index in [1.807, 2.05) is 0 Å². The van der Waals surface area contributed by atoms with Crippen molar-refractivity contribution in [3.8, 4) is 11.4 Å². The monoisotopic (exact) mass is 362 g/mol. The molecule has 0 unspecified atom stereocenters. The van der Waals surface area contributed by atoms with Crippen LogP contribution in [0, 0.1) is 0 Å². The van der Waals surface area contributed by atoms with Gasteiger partial charge in [0.25, 0.3) is 0 Å². The van der Waals surface area contributed by atoms with Gasteiger partial charge in [0.15, 0.2) is 11.5 Å². The topological polar surface area (TPSA) is 89.6 Å². The number of nitrogens with zero attached hydrogens (tertiary/aromatic N) is 5. The van der Waals surface area contributed by atoms with Crippen molar-refractivity contribution in [2.75, 3.05) is 5.32 Å². The van der Waals surface area contributed by atoms with Gasteiger partial charge in [-0.2, -0.15) is 13.2 Å². The minimum atomic E-state index is -4.59. The minimum Gasteiger partial charge on any atom is -0.423 e. The lowest BCUT2D eigenvalue weighted by Crippen LogP contribution is -2.12. The second kappa shape index (κ2) is 6.36. The molecule has 1 aliphatic rings. The van der Waals surface area contributed by atoms with Crippen molar-refractivity contribution in [2.24, 2.45) is 0 Å². The maximum absolute atomic E-state index is 13.2. The first-order valence-electron chi connectivity index (χ1n) is 7.92. The fourth-order valence-electron chi connectivity index (χ4n) is 2.31. The molecule has 4 rings (SSSR count). The van der Waals surface area contributed by atoms with Crippen molar-refractivity contribution in [2.45, 2.75) is 31.5 Å². The Hall–Kier alpha value is -3.04. The van der Waals surface area contributed by atoms with Crippen molar-refractivity contribution in [1.82, 2.24) is 25.1 Å². The number of halogens is 3. The number of alkyl halides is 3. The smallest absolute Gasteiger partial charge is 0.423 e. The fourth-order valence-corrected chi connectivity index (χ4v) is 2.31. The molecular weight excluding hydrogens is 349 g/mol. The normalized spacial score (nSPS) is 14.4. The quantitative estimate of drug-likeness (QED) is 0.744. The number of pyridine rings is 1. The molecule has 134 valence electrons. The Morgan fingerprint density at radius 3 is 2.58 bits per heavy atom. The zero-order valence-corrected chi connectivity index (χ0v) is 13.4. The van der Waals surface area contributed by atoms with Crippen molar-refractivity contribution in [3.63, 3.8) is 0 Å². The molecule has 3 aromatic rings. The lowest BCUT2D eigenvalue weighted by molar-refractivity contribution is -0.141. The van der Waals surface area contributed by atoms with Gasteiger partial charge in [-0.25, -0.2) is 9.97 Å². The van der Waals surface area contributed by atoms with Gasteiger partial charge in [0.1, 0.15) is 5.82 Å². The van der Waals surface area contributed by atoms with Crippen LogP contribution in [0.25, 0.3) is 11.4 Å². The van der Waals surface area contributed by atoms with E-state index < -0.39 is 11.9 Å². The van der Waals surface area contributed by atoms with Crippen LogP contribution >= 0.6 is 0 Å². The highest BCUT2D eigenvalue weighted by molar-refractivity contribution is 5.57. The molecule has 0 atom stereocenters. The number of aromatic nitrogens is 5. The number of anilines is 1. The zero-order chi connectivity index (χ0) is 18.1. The molecule has 3 aromatic heterocycles. The van der Waals surface area contributed by atoms with Crippen LogP contribution in [-0.2, 0) is 12.7 Å². The summed E-state index contributed by atoms with van der Waals surface area (Å²) >= 11 is 0. The highest BCUT2D eigenvalue weighted by Crippen LogP contribution is 2.39. The second-order valence-corrected chi connectivity index (χ2v) is 5.86. The Labute approximate surface area is 145 Å². The molecule has 0 amide bonds. The van der Waals surface area contributed by atoms with Gasteiger partial charge in [-0.1, -0.05) is 0 Å². The molecule has 3 heterocycles. The van der Waals surface area contributed by atoms with Gasteiger partial charge in [-0.15, -0.1) is 10.2 Å². The summed E-state index contributed by atoms with van der Waals surface area (Å²) in [5.41, 5.74) is -0.603. The first kappa shape index (κ1) is 16.4. The molecule has 0 bridgehead atoms. The second-order valence-electron chi connectivity index (χ2n) is 5.86. The van der Waals surface area contributed by atoms with Gasteiger partial charge >= 0.3 is 6.18 Å². The summed E-state index contributed by atoms with van der Waals surface area (Å²) in [6.45, 7) is 0.0732. The van der Waals surface area contributed by atoms with Gasteiger partial charge < -0.3 is 9.73 Å². The molecule has 26 heavy (non-hydrogen) atoms. The average Bonchev–Trinajstić information content (AvgIpc) is 3.38. The van der Waals surface area contributed by atoms with E-state index >= 15 is 0 Å². The summed E-state index contributed by atoms with van der Waals surface area (Å²) in [7, 11) is 0. The zero-order valence-electron chi connectivity index (χ0n) is 13.4. The van der Waals surface area contributed by atoms with Gasteiger partial charge in [0.05, 0.1) is 6.54 Å². The summed E-state index contributed by atoms with van der Waals surface area (Å²) in [5.74, 6) is 1.15. The van der Waals surface area contributed by atoms with Crippen molar-refractivity contribution in [3.05, 3.63) is 48.1 Å².